The number of aromatic carboxylic acids is 1. The molecule has 1 saturated heterocycles. The number of aliphatic imine (C=N–C) groups is 1. The number of thioether (sulfide) groups is 1. The van der Waals surface area contributed by atoms with Gasteiger partial charge in [0.25, 0.3) is 0 Å². The summed E-state index contributed by atoms with van der Waals surface area (Å²) in [4.78, 5) is 52.1. The molecule has 7 atom stereocenters. The molecule has 0 bridgehead atoms. The van der Waals surface area contributed by atoms with Crippen LogP contribution in [0.15, 0.2) is 29.3 Å². The van der Waals surface area contributed by atoms with Crippen molar-refractivity contribution in [1.29, 1.82) is 0 Å². The smallest absolute Gasteiger partial charge is 0.350 e. The van der Waals surface area contributed by atoms with E-state index >= 15 is 0 Å². The van der Waals surface area contributed by atoms with Gasteiger partial charge >= 0.3 is 11.9 Å². The maximum absolute atomic E-state index is 12.7. The number of carboxylic acids is 2. The molecule has 3 rings (SSSR count). The topological polar surface area (TPSA) is 165 Å². The van der Waals surface area contributed by atoms with E-state index in [9.17, 15) is 29.4 Å². The van der Waals surface area contributed by atoms with E-state index in [1.807, 2.05) is 6.92 Å². The predicted octanol–water partition coefficient (Wildman–Crippen LogP) is 1.29. The van der Waals surface area contributed by atoms with Crippen molar-refractivity contribution in [2.75, 3.05) is 11.9 Å². The molecule has 0 aromatic heterocycles. The summed E-state index contributed by atoms with van der Waals surface area (Å²) in [6, 6.07) is 4.82. The maximum atomic E-state index is 12.7. The Morgan fingerprint density at radius 3 is 2.50 bits per heavy atom. The second kappa shape index (κ2) is 10.7. The molecule has 2 aliphatic heterocycles. The zero-order valence-corrected chi connectivity index (χ0v) is 19.9. The van der Waals surface area contributed by atoms with Crippen LogP contribution in [0.5, 0.6) is 0 Å². The van der Waals surface area contributed by atoms with Gasteiger partial charge in [0.2, 0.25) is 5.91 Å². The highest BCUT2D eigenvalue weighted by Gasteiger charge is 2.47. The first-order valence-electron chi connectivity index (χ1n) is 11.0. The van der Waals surface area contributed by atoms with Gasteiger partial charge < -0.3 is 26.0 Å². The van der Waals surface area contributed by atoms with E-state index in [-0.39, 0.29) is 34.1 Å². The summed E-state index contributed by atoms with van der Waals surface area (Å²) in [6.07, 6.45) is -0.504. The first kappa shape index (κ1) is 25.9. The molecule has 0 spiro atoms. The number of carbonyl (C=O) groups excluding carboxylic acids is 2. The first-order chi connectivity index (χ1) is 16.0. The lowest BCUT2D eigenvalue weighted by Crippen LogP contribution is -2.39. The second-order valence-electron chi connectivity index (χ2n) is 8.80. The van der Waals surface area contributed by atoms with Gasteiger partial charge in [-0.15, -0.1) is 11.8 Å². The van der Waals surface area contributed by atoms with Crippen LogP contribution in [0.2, 0.25) is 0 Å². The van der Waals surface area contributed by atoms with Crippen molar-refractivity contribution in [3.8, 4) is 0 Å². The molecule has 7 unspecified atom stereocenters. The molecule has 1 fully saturated rings. The fraction of sp³-hybridized carbons (Fsp3) is 0.522. The molecule has 34 heavy (non-hydrogen) atoms. The normalized spacial score (nSPS) is 28.1. The summed E-state index contributed by atoms with van der Waals surface area (Å²) in [7, 11) is 0. The zero-order chi connectivity index (χ0) is 25.2. The number of amides is 1. The molecular formula is C23H29N3O7S. The van der Waals surface area contributed by atoms with Gasteiger partial charge in [0, 0.05) is 17.5 Å². The van der Waals surface area contributed by atoms with Crippen molar-refractivity contribution in [3.63, 3.8) is 0 Å². The Balaban J connectivity index is 1.66. The summed E-state index contributed by atoms with van der Waals surface area (Å²) < 4.78 is 0. The van der Waals surface area contributed by atoms with Crippen LogP contribution >= 0.6 is 11.8 Å². The highest BCUT2D eigenvalue weighted by Crippen LogP contribution is 2.39. The molecule has 184 valence electrons. The lowest BCUT2D eigenvalue weighted by molar-refractivity contribution is -0.129. The number of rotatable bonds is 9. The number of carbonyl (C=O) groups is 4. The van der Waals surface area contributed by atoms with E-state index in [0.717, 1.165) is 0 Å². The van der Waals surface area contributed by atoms with Crippen molar-refractivity contribution >= 4 is 46.8 Å². The third-order valence-corrected chi connectivity index (χ3v) is 7.96. The van der Waals surface area contributed by atoms with Crippen LogP contribution in [0.25, 0.3) is 0 Å². The molecule has 1 aromatic rings. The van der Waals surface area contributed by atoms with E-state index in [0.29, 0.717) is 18.7 Å². The predicted molar refractivity (Wildman–Crippen MR) is 127 cm³/mol. The Morgan fingerprint density at radius 2 is 1.91 bits per heavy atom. The van der Waals surface area contributed by atoms with Gasteiger partial charge in [-0.2, -0.15) is 0 Å². The molecule has 2 aliphatic rings. The summed E-state index contributed by atoms with van der Waals surface area (Å²) in [5.74, 6) is -3.85. The average Bonchev–Trinajstić information content (AvgIpc) is 3.34. The minimum absolute atomic E-state index is 0.0206. The summed E-state index contributed by atoms with van der Waals surface area (Å²) >= 11 is 1.41. The number of nitrogens with one attached hydrogen (secondary N) is 2. The summed E-state index contributed by atoms with van der Waals surface area (Å²) in [5.41, 5.74) is 0.425. The van der Waals surface area contributed by atoms with Crippen LogP contribution in [0.4, 0.5) is 5.69 Å². The van der Waals surface area contributed by atoms with Crippen LogP contribution in [0.3, 0.4) is 0 Å². The molecular weight excluding hydrogens is 462 g/mol. The van der Waals surface area contributed by atoms with Crippen LogP contribution in [0.1, 0.15) is 37.6 Å². The van der Waals surface area contributed by atoms with Gasteiger partial charge in [-0.25, -0.2) is 9.59 Å². The third kappa shape index (κ3) is 5.65. The molecule has 5 N–H and O–H groups in total. The fourth-order valence-electron chi connectivity index (χ4n) is 4.59. The Labute approximate surface area is 201 Å². The number of aliphatic hydroxyl groups excluding tert-OH is 1. The second-order valence-corrected chi connectivity index (χ2v) is 10.2. The first-order valence-corrected chi connectivity index (χ1v) is 12.0. The Morgan fingerprint density at radius 1 is 1.21 bits per heavy atom. The number of Topliss-reactive ketones (excluding diaryl/α,β-unsaturated/α-hetero) is 1. The number of aliphatic hydroxyl groups is 1. The van der Waals surface area contributed by atoms with E-state index in [1.165, 1.54) is 37.7 Å². The van der Waals surface area contributed by atoms with Crippen LogP contribution in [0, 0.1) is 11.8 Å². The van der Waals surface area contributed by atoms with Crippen molar-refractivity contribution in [1.82, 2.24) is 5.32 Å². The quantitative estimate of drug-likeness (QED) is 0.342. The largest absolute Gasteiger partial charge is 0.478 e. The van der Waals surface area contributed by atoms with Gasteiger partial charge in [0.1, 0.15) is 11.5 Å². The lowest BCUT2D eigenvalue weighted by Gasteiger charge is -2.28. The van der Waals surface area contributed by atoms with Gasteiger partial charge in [-0.05, 0) is 44.4 Å². The number of aliphatic carboxylic acids is 1. The highest BCUT2D eigenvalue weighted by molar-refractivity contribution is 8.01. The number of nitrogens with zero attached hydrogens (tertiary/aromatic N) is 1. The van der Waals surface area contributed by atoms with Gasteiger partial charge in [-0.3, -0.25) is 14.6 Å². The van der Waals surface area contributed by atoms with Crippen molar-refractivity contribution in [2.24, 2.45) is 16.8 Å². The van der Waals surface area contributed by atoms with Gasteiger partial charge in [0.15, 0.2) is 0 Å². The van der Waals surface area contributed by atoms with Gasteiger partial charge in [0.05, 0.1) is 34.9 Å². The SMILES string of the molecule is CC(=O)C(C(C)O)C1N=C(C(=O)O)C(SC2CNC(C(=O)Nc3cccc(C(=O)O)c3)C2)C1C. The Kier molecular flexibility index (Phi) is 8.11. The highest BCUT2D eigenvalue weighted by atomic mass is 32.2. The Hall–Kier alpha value is -2.76. The Bertz CT molecular complexity index is 1010. The summed E-state index contributed by atoms with van der Waals surface area (Å²) in [6.45, 7) is 5.19. The van der Waals surface area contributed by atoms with Crippen molar-refractivity contribution < 1.29 is 34.5 Å². The van der Waals surface area contributed by atoms with E-state index in [4.69, 9.17) is 5.11 Å². The van der Waals surface area contributed by atoms with E-state index in [2.05, 4.69) is 15.6 Å². The van der Waals surface area contributed by atoms with E-state index < -0.39 is 41.3 Å². The molecule has 10 nitrogen and oxygen atoms in total. The van der Waals surface area contributed by atoms with Crippen LogP contribution in [-0.2, 0) is 14.4 Å². The number of hydrogen-bond donors (Lipinski definition) is 5. The lowest BCUT2D eigenvalue weighted by atomic mass is 9.84. The fourth-order valence-corrected chi connectivity index (χ4v) is 6.20. The number of hydrogen-bond acceptors (Lipinski definition) is 8. The van der Waals surface area contributed by atoms with E-state index in [1.54, 1.807) is 12.1 Å². The van der Waals surface area contributed by atoms with Gasteiger partial charge in [-0.1, -0.05) is 13.0 Å². The van der Waals surface area contributed by atoms with Crippen LogP contribution < -0.4 is 10.6 Å². The number of ketones is 1. The molecule has 0 saturated carbocycles. The molecule has 1 amide bonds. The maximum Gasteiger partial charge on any atom is 0.350 e. The molecule has 1 aromatic carbocycles. The number of anilines is 1. The monoisotopic (exact) mass is 491 g/mol. The molecule has 0 aliphatic carbocycles. The molecule has 11 heteroatoms. The zero-order valence-electron chi connectivity index (χ0n) is 19.1. The minimum Gasteiger partial charge on any atom is -0.478 e. The van der Waals surface area contributed by atoms with Crippen molar-refractivity contribution in [3.05, 3.63) is 29.8 Å². The van der Waals surface area contributed by atoms with Crippen LogP contribution in [-0.4, -0.2) is 79.9 Å². The molecule has 2 heterocycles. The molecule has 0 radical (unpaired) electrons. The third-order valence-electron chi connectivity index (χ3n) is 6.27. The standard InChI is InChI=1S/C23H29N3O7S/c1-10-18(17(11(2)27)12(3)28)26-19(23(32)33)20(10)34-15-8-16(24-9-15)21(29)25-14-6-4-5-13(7-14)22(30)31/h4-7,10-11,15-18,20,24,27H,8-9H2,1-3H3,(H,25,29)(H,30,31)(H,32,33). The average molecular weight is 492 g/mol. The number of carboxylic acid groups (broad SMARTS) is 2. The summed E-state index contributed by atoms with van der Waals surface area (Å²) in [5, 5.41) is 34.2. The number of benzene rings is 1. The minimum atomic E-state index is -1.15. The van der Waals surface area contributed by atoms with Crippen molar-refractivity contribution in [2.45, 2.75) is 55.9 Å².